The lowest BCUT2D eigenvalue weighted by Gasteiger charge is -2.34. The zero-order valence-electron chi connectivity index (χ0n) is 22.3. The summed E-state index contributed by atoms with van der Waals surface area (Å²) >= 11 is 0. The minimum absolute atomic E-state index is 0.845. The third kappa shape index (κ3) is 9.09. The van der Waals surface area contributed by atoms with Gasteiger partial charge in [0.1, 0.15) is 11.5 Å². The summed E-state index contributed by atoms with van der Waals surface area (Å²) in [6, 6.07) is 12.0. The molecule has 0 unspecified atom stereocenters. The van der Waals surface area contributed by atoms with Crippen molar-refractivity contribution in [2.24, 2.45) is 0 Å². The van der Waals surface area contributed by atoms with Crippen LogP contribution >= 0.6 is 0 Å². The predicted molar refractivity (Wildman–Crippen MR) is 139 cm³/mol. The Hall–Kier alpha value is -4.80. The molecule has 43 heavy (non-hydrogen) atoms. The van der Waals surface area contributed by atoms with Gasteiger partial charge in [0.05, 0.1) is 31.8 Å². The molecule has 1 aromatic carbocycles. The minimum Gasteiger partial charge on any atom is -0.497 e. The van der Waals surface area contributed by atoms with Crippen molar-refractivity contribution in [2.45, 2.75) is 18.9 Å². The fraction of sp³-hybridized carbons (Fsp3) is 0.308. The van der Waals surface area contributed by atoms with E-state index in [9.17, 15) is 26.3 Å². The van der Waals surface area contributed by atoms with Crippen molar-refractivity contribution in [1.82, 2.24) is 19.3 Å². The van der Waals surface area contributed by atoms with Crippen LogP contribution in [0.15, 0.2) is 65.7 Å². The monoisotopic (exact) mass is 617 g/mol. The molecular weight excluding hydrogens is 592 g/mol. The van der Waals surface area contributed by atoms with Crippen molar-refractivity contribution >= 4 is 23.4 Å². The minimum atomic E-state index is -5.08. The molecule has 2 N–H and O–H groups in total. The second-order valence-corrected chi connectivity index (χ2v) is 8.76. The topological polar surface area (TPSA) is 134 Å². The second-order valence-electron chi connectivity index (χ2n) is 8.76. The van der Waals surface area contributed by atoms with Gasteiger partial charge in [0, 0.05) is 44.1 Å². The third-order valence-electron chi connectivity index (χ3n) is 5.91. The summed E-state index contributed by atoms with van der Waals surface area (Å²) < 4.78 is 76.3. The predicted octanol–water partition coefficient (Wildman–Crippen LogP) is 4.59. The number of piperazine rings is 1. The van der Waals surface area contributed by atoms with Crippen LogP contribution in [0, 0.1) is 0 Å². The highest BCUT2D eigenvalue weighted by Gasteiger charge is 2.38. The second kappa shape index (κ2) is 13.9. The molecule has 17 heteroatoms. The van der Waals surface area contributed by atoms with E-state index in [0.29, 0.717) is 0 Å². The number of fused-ring (bicyclic) bond motifs is 1. The number of carboxylic acids is 2. The average Bonchev–Trinajstić information content (AvgIpc) is 3.63. The number of rotatable bonds is 5. The third-order valence-corrected chi connectivity index (χ3v) is 5.91. The highest BCUT2D eigenvalue weighted by molar-refractivity contribution is 5.73. The zero-order chi connectivity index (χ0) is 31.8. The van der Waals surface area contributed by atoms with Crippen LogP contribution in [0.1, 0.15) is 5.76 Å². The molecule has 0 spiro atoms. The summed E-state index contributed by atoms with van der Waals surface area (Å²) in [5.41, 5.74) is 3.03. The Morgan fingerprint density at radius 1 is 0.930 bits per heavy atom. The standard InChI is InChI=1S/C22H23N5O2.2C2HF3O2/c1-28-18-6-4-17(5-7-18)20-15-24-22-21(23-8-9-27(20)22)26-12-10-25(11-13-26)16-19-3-2-14-29-19;2*3-2(4,5)1(6)7/h2-9,14-15H,10-13,16H2,1H3;2*(H,6,7). The van der Waals surface area contributed by atoms with Gasteiger partial charge < -0.3 is 24.3 Å². The van der Waals surface area contributed by atoms with Crippen LogP contribution in [0.5, 0.6) is 5.75 Å². The summed E-state index contributed by atoms with van der Waals surface area (Å²) in [7, 11) is 1.68. The summed E-state index contributed by atoms with van der Waals surface area (Å²) in [5.74, 6) is -2.72. The number of aromatic nitrogens is 3. The smallest absolute Gasteiger partial charge is 0.490 e. The van der Waals surface area contributed by atoms with Gasteiger partial charge in [-0.2, -0.15) is 26.3 Å². The molecule has 1 aliphatic heterocycles. The normalized spacial score (nSPS) is 13.9. The highest BCUT2D eigenvalue weighted by Crippen LogP contribution is 2.27. The number of hydrogen-bond donors (Lipinski definition) is 2. The Bertz CT molecular complexity index is 1460. The van der Waals surface area contributed by atoms with Crippen molar-refractivity contribution < 1.29 is 55.3 Å². The lowest BCUT2D eigenvalue weighted by atomic mass is 10.1. The summed E-state index contributed by atoms with van der Waals surface area (Å²) in [5, 5.41) is 14.2. The number of methoxy groups -OCH3 is 1. The van der Waals surface area contributed by atoms with Crippen LogP contribution in [0.25, 0.3) is 16.9 Å². The quantitative estimate of drug-likeness (QED) is 0.307. The number of halogens is 6. The molecule has 0 saturated carbocycles. The van der Waals surface area contributed by atoms with Crippen molar-refractivity contribution in [2.75, 3.05) is 38.2 Å². The van der Waals surface area contributed by atoms with E-state index in [1.54, 1.807) is 13.4 Å². The molecule has 4 aromatic rings. The number of imidazole rings is 1. The molecule has 0 bridgehead atoms. The van der Waals surface area contributed by atoms with Gasteiger partial charge >= 0.3 is 24.3 Å². The Morgan fingerprint density at radius 2 is 1.51 bits per heavy atom. The van der Waals surface area contributed by atoms with Crippen molar-refractivity contribution in [3.05, 3.63) is 67.0 Å². The Morgan fingerprint density at radius 3 is 2.00 bits per heavy atom. The first-order valence-electron chi connectivity index (χ1n) is 12.3. The molecule has 11 nitrogen and oxygen atoms in total. The summed E-state index contributed by atoms with van der Waals surface area (Å²) in [6.45, 7) is 4.62. The van der Waals surface area contributed by atoms with Crippen molar-refractivity contribution in [3.63, 3.8) is 0 Å². The molecule has 0 atom stereocenters. The molecular formula is C26H25F6N5O6. The van der Waals surface area contributed by atoms with Crippen LogP contribution < -0.4 is 9.64 Å². The van der Waals surface area contributed by atoms with Gasteiger partial charge in [-0.1, -0.05) is 0 Å². The van der Waals surface area contributed by atoms with Gasteiger partial charge in [-0.25, -0.2) is 19.6 Å². The molecule has 3 aromatic heterocycles. The van der Waals surface area contributed by atoms with Crippen molar-refractivity contribution in [3.8, 4) is 17.0 Å². The van der Waals surface area contributed by atoms with Gasteiger partial charge in [0.2, 0.25) is 0 Å². The Balaban J connectivity index is 0.000000303. The van der Waals surface area contributed by atoms with E-state index in [1.165, 1.54) is 0 Å². The SMILES string of the molecule is COc1ccc(-c2cnc3c(N4CCN(Cc5ccco5)CC4)nccn23)cc1.O=C(O)C(F)(F)F.O=C(O)C(F)(F)F. The number of alkyl halides is 6. The number of carbonyl (C=O) groups is 2. The average molecular weight is 618 g/mol. The van der Waals surface area contributed by atoms with E-state index in [-0.39, 0.29) is 0 Å². The van der Waals surface area contributed by atoms with Crippen LogP contribution in [0.4, 0.5) is 32.2 Å². The number of carboxylic acid groups (broad SMARTS) is 2. The number of benzene rings is 1. The van der Waals surface area contributed by atoms with Crippen LogP contribution in [0.2, 0.25) is 0 Å². The van der Waals surface area contributed by atoms with Crippen molar-refractivity contribution in [1.29, 1.82) is 0 Å². The number of anilines is 1. The van der Waals surface area contributed by atoms with Gasteiger partial charge in [-0.05, 0) is 36.4 Å². The number of hydrogen-bond acceptors (Lipinski definition) is 8. The Kier molecular flexibility index (Phi) is 10.6. The zero-order valence-corrected chi connectivity index (χ0v) is 22.3. The van der Waals surface area contributed by atoms with E-state index >= 15 is 0 Å². The fourth-order valence-corrected chi connectivity index (χ4v) is 3.84. The molecule has 1 aliphatic rings. The molecule has 5 rings (SSSR count). The molecule has 0 radical (unpaired) electrons. The first kappa shape index (κ1) is 32.7. The molecule has 0 aliphatic carbocycles. The number of ether oxygens (including phenoxy) is 1. The molecule has 1 saturated heterocycles. The maximum atomic E-state index is 10.6. The summed E-state index contributed by atoms with van der Waals surface area (Å²) in [4.78, 5) is 31.9. The maximum absolute atomic E-state index is 10.6. The number of aliphatic carboxylic acids is 2. The molecule has 0 amide bonds. The molecule has 4 heterocycles. The van der Waals surface area contributed by atoms with E-state index in [0.717, 1.165) is 67.0 Å². The van der Waals surface area contributed by atoms with E-state index < -0.39 is 24.3 Å². The number of furan rings is 1. The van der Waals surface area contributed by atoms with Crippen LogP contribution in [-0.4, -0.2) is 87.1 Å². The van der Waals surface area contributed by atoms with Crippen LogP contribution in [-0.2, 0) is 16.1 Å². The first-order valence-corrected chi connectivity index (χ1v) is 12.3. The van der Waals surface area contributed by atoms with E-state index in [4.69, 9.17) is 33.9 Å². The molecule has 232 valence electrons. The van der Waals surface area contributed by atoms with Gasteiger partial charge in [0.15, 0.2) is 11.5 Å². The van der Waals surface area contributed by atoms with E-state index in [1.807, 2.05) is 42.9 Å². The van der Waals surface area contributed by atoms with Gasteiger partial charge in [-0.15, -0.1) is 0 Å². The van der Waals surface area contributed by atoms with E-state index in [2.05, 4.69) is 31.3 Å². The fourth-order valence-electron chi connectivity index (χ4n) is 3.84. The number of nitrogens with zero attached hydrogens (tertiary/aromatic N) is 5. The summed E-state index contributed by atoms with van der Waals surface area (Å²) in [6.07, 6.45) is -2.70. The lowest BCUT2D eigenvalue weighted by molar-refractivity contribution is -0.193. The lowest BCUT2D eigenvalue weighted by Crippen LogP contribution is -2.46. The van der Waals surface area contributed by atoms with Gasteiger partial charge in [-0.3, -0.25) is 9.30 Å². The Labute approximate surface area is 239 Å². The molecule has 1 fully saturated rings. The largest absolute Gasteiger partial charge is 0.497 e. The van der Waals surface area contributed by atoms with Crippen LogP contribution in [0.3, 0.4) is 0 Å². The van der Waals surface area contributed by atoms with Gasteiger partial charge in [0.25, 0.3) is 0 Å². The maximum Gasteiger partial charge on any atom is 0.490 e. The first-order chi connectivity index (χ1) is 20.2. The highest BCUT2D eigenvalue weighted by atomic mass is 19.4.